The van der Waals surface area contributed by atoms with Crippen molar-refractivity contribution in [1.82, 2.24) is 15.6 Å². The van der Waals surface area contributed by atoms with Crippen LogP contribution in [0.25, 0.3) is 0 Å². The molecule has 0 spiro atoms. The Hall–Kier alpha value is -0.360. The minimum atomic E-state index is -0.321. The molecule has 1 atom stereocenters. The molecular weight excluding hydrogens is 317 g/mol. The molecule has 1 aliphatic heterocycles. The molecule has 116 valence electrons. The van der Waals surface area contributed by atoms with Crippen molar-refractivity contribution >= 4 is 42.1 Å². The monoisotopic (exact) mass is 339 g/mol. The fraction of sp³-hybridized carbons (Fsp3) is 0.692. The van der Waals surface area contributed by atoms with Crippen LogP contribution < -0.4 is 10.6 Å². The average Bonchev–Trinajstić information content (AvgIpc) is 2.99. The first-order valence-electron chi connectivity index (χ1n) is 6.60. The normalized spacial score (nSPS) is 20.9. The Morgan fingerprint density at radius 1 is 1.55 bits per heavy atom. The van der Waals surface area contributed by atoms with Crippen molar-refractivity contribution in [3.05, 3.63) is 16.1 Å². The average molecular weight is 340 g/mol. The summed E-state index contributed by atoms with van der Waals surface area (Å²) in [5, 5.41) is 9.53. The predicted molar refractivity (Wildman–Crippen MR) is 88.3 cm³/mol. The van der Waals surface area contributed by atoms with Crippen molar-refractivity contribution < 1.29 is 4.79 Å². The molecule has 1 unspecified atom stereocenters. The van der Waals surface area contributed by atoms with Gasteiger partial charge in [0.15, 0.2) is 0 Å². The SMILES string of the molecule is CCC1(C(=O)NCCc2csc(C)n2)CCCN1.Cl.Cl. The van der Waals surface area contributed by atoms with E-state index >= 15 is 0 Å². The Morgan fingerprint density at radius 2 is 2.30 bits per heavy atom. The van der Waals surface area contributed by atoms with E-state index in [0.717, 1.165) is 42.9 Å². The van der Waals surface area contributed by atoms with Gasteiger partial charge < -0.3 is 10.6 Å². The summed E-state index contributed by atoms with van der Waals surface area (Å²) in [6, 6.07) is 0. The molecule has 0 bridgehead atoms. The summed E-state index contributed by atoms with van der Waals surface area (Å²) >= 11 is 1.66. The Balaban J connectivity index is 0.00000180. The smallest absolute Gasteiger partial charge is 0.240 e. The largest absolute Gasteiger partial charge is 0.354 e. The van der Waals surface area contributed by atoms with Gasteiger partial charge >= 0.3 is 0 Å². The lowest BCUT2D eigenvalue weighted by Gasteiger charge is -2.26. The zero-order chi connectivity index (χ0) is 13.0. The lowest BCUT2D eigenvalue weighted by molar-refractivity contribution is -0.127. The Bertz CT molecular complexity index is 420. The zero-order valence-electron chi connectivity index (χ0n) is 11.9. The number of aromatic nitrogens is 1. The third-order valence-electron chi connectivity index (χ3n) is 3.62. The van der Waals surface area contributed by atoms with Gasteiger partial charge in [0.2, 0.25) is 5.91 Å². The molecule has 0 radical (unpaired) electrons. The topological polar surface area (TPSA) is 54.0 Å². The van der Waals surface area contributed by atoms with Crippen LogP contribution in [0.15, 0.2) is 5.38 Å². The molecular formula is C13H23Cl2N3OS. The maximum Gasteiger partial charge on any atom is 0.240 e. The highest BCUT2D eigenvalue weighted by atomic mass is 35.5. The van der Waals surface area contributed by atoms with Crippen molar-refractivity contribution in [3.8, 4) is 0 Å². The van der Waals surface area contributed by atoms with E-state index in [9.17, 15) is 4.79 Å². The molecule has 2 rings (SSSR count). The van der Waals surface area contributed by atoms with Gasteiger partial charge in [0.05, 0.1) is 16.2 Å². The van der Waals surface area contributed by atoms with Gasteiger partial charge in [0.25, 0.3) is 0 Å². The molecule has 1 aliphatic rings. The Kier molecular flexibility index (Phi) is 8.66. The number of carbonyl (C=O) groups is 1. The Morgan fingerprint density at radius 3 is 2.80 bits per heavy atom. The lowest BCUT2D eigenvalue weighted by atomic mass is 9.93. The van der Waals surface area contributed by atoms with E-state index in [2.05, 4.69) is 27.9 Å². The second-order valence-electron chi connectivity index (χ2n) is 4.83. The summed E-state index contributed by atoms with van der Waals surface area (Å²) in [5.41, 5.74) is 0.751. The molecule has 1 aromatic rings. The molecule has 4 nitrogen and oxygen atoms in total. The van der Waals surface area contributed by atoms with Crippen molar-refractivity contribution in [1.29, 1.82) is 0 Å². The molecule has 2 N–H and O–H groups in total. The van der Waals surface area contributed by atoms with Gasteiger partial charge in [0, 0.05) is 18.3 Å². The van der Waals surface area contributed by atoms with E-state index in [4.69, 9.17) is 0 Å². The zero-order valence-corrected chi connectivity index (χ0v) is 14.3. The maximum absolute atomic E-state index is 12.2. The lowest BCUT2D eigenvalue weighted by Crippen LogP contribution is -2.53. The van der Waals surface area contributed by atoms with Gasteiger partial charge in [-0.2, -0.15) is 0 Å². The fourth-order valence-electron chi connectivity index (χ4n) is 2.46. The molecule has 0 saturated carbocycles. The number of carbonyl (C=O) groups excluding carboxylic acids is 1. The van der Waals surface area contributed by atoms with Crippen LogP contribution in [0, 0.1) is 6.92 Å². The van der Waals surface area contributed by atoms with Crippen molar-refractivity contribution in [2.45, 2.75) is 45.1 Å². The molecule has 1 saturated heterocycles. The molecule has 1 amide bonds. The van der Waals surface area contributed by atoms with Crippen LogP contribution in [-0.2, 0) is 11.2 Å². The number of hydrogen-bond acceptors (Lipinski definition) is 4. The molecule has 20 heavy (non-hydrogen) atoms. The van der Waals surface area contributed by atoms with Crippen LogP contribution in [0.5, 0.6) is 0 Å². The summed E-state index contributed by atoms with van der Waals surface area (Å²) in [5.74, 6) is 0.148. The summed E-state index contributed by atoms with van der Waals surface area (Å²) < 4.78 is 0. The number of rotatable bonds is 5. The first-order valence-corrected chi connectivity index (χ1v) is 7.48. The van der Waals surface area contributed by atoms with Crippen LogP contribution in [-0.4, -0.2) is 29.5 Å². The summed E-state index contributed by atoms with van der Waals surface area (Å²) in [6.07, 6.45) is 3.71. The van der Waals surface area contributed by atoms with E-state index in [-0.39, 0.29) is 36.3 Å². The highest BCUT2D eigenvalue weighted by Gasteiger charge is 2.38. The number of aryl methyl sites for hydroxylation is 1. The van der Waals surface area contributed by atoms with Gasteiger partial charge in [0.1, 0.15) is 0 Å². The quantitative estimate of drug-likeness (QED) is 0.866. The number of nitrogens with one attached hydrogen (secondary N) is 2. The Labute approximate surface area is 137 Å². The first-order chi connectivity index (χ1) is 8.66. The fourth-order valence-corrected chi connectivity index (χ4v) is 3.11. The van der Waals surface area contributed by atoms with Crippen LogP contribution in [0.1, 0.15) is 36.9 Å². The first kappa shape index (κ1) is 19.6. The summed E-state index contributed by atoms with van der Waals surface area (Å²) in [7, 11) is 0. The predicted octanol–water partition coefficient (Wildman–Crippen LogP) is 2.49. The van der Waals surface area contributed by atoms with Gasteiger partial charge in [-0.05, 0) is 32.7 Å². The van der Waals surface area contributed by atoms with Gasteiger partial charge in [-0.25, -0.2) is 4.98 Å². The highest BCUT2D eigenvalue weighted by Crippen LogP contribution is 2.22. The van der Waals surface area contributed by atoms with Gasteiger partial charge in [-0.3, -0.25) is 4.79 Å². The molecule has 7 heteroatoms. The summed E-state index contributed by atoms with van der Waals surface area (Å²) in [6.45, 7) is 5.70. The number of hydrogen-bond donors (Lipinski definition) is 2. The van der Waals surface area contributed by atoms with Gasteiger partial charge in [-0.1, -0.05) is 6.92 Å². The van der Waals surface area contributed by atoms with Crippen LogP contribution in [0.2, 0.25) is 0 Å². The van der Waals surface area contributed by atoms with E-state index < -0.39 is 0 Å². The van der Waals surface area contributed by atoms with Crippen LogP contribution in [0.4, 0.5) is 0 Å². The third-order valence-corrected chi connectivity index (χ3v) is 4.44. The van der Waals surface area contributed by atoms with Crippen molar-refractivity contribution in [2.75, 3.05) is 13.1 Å². The molecule has 1 aromatic heterocycles. The molecule has 0 aromatic carbocycles. The molecule has 2 heterocycles. The summed E-state index contributed by atoms with van der Waals surface area (Å²) in [4.78, 5) is 16.6. The van der Waals surface area contributed by atoms with Crippen molar-refractivity contribution in [3.63, 3.8) is 0 Å². The van der Waals surface area contributed by atoms with E-state index in [1.54, 1.807) is 11.3 Å². The number of thiazole rings is 1. The number of nitrogens with zero attached hydrogens (tertiary/aromatic N) is 1. The van der Waals surface area contributed by atoms with E-state index in [1.165, 1.54) is 0 Å². The van der Waals surface area contributed by atoms with Crippen LogP contribution >= 0.6 is 36.2 Å². The highest BCUT2D eigenvalue weighted by molar-refractivity contribution is 7.09. The number of amides is 1. The minimum Gasteiger partial charge on any atom is -0.354 e. The van der Waals surface area contributed by atoms with E-state index in [0.29, 0.717) is 6.54 Å². The van der Waals surface area contributed by atoms with E-state index in [1.807, 2.05) is 6.92 Å². The van der Waals surface area contributed by atoms with Gasteiger partial charge in [-0.15, -0.1) is 36.2 Å². The second kappa shape index (κ2) is 8.82. The van der Waals surface area contributed by atoms with Crippen LogP contribution in [0.3, 0.4) is 0 Å². The third kappa shape index (κ3) is 4.58. The minimum absolute atomic E-state index is 0. The maximum atomic E-state index is 12.2. The molecule has 1 fully saturated rings. The molecule has 0 aliphatic carbocycles. The van der Waals surface area contributed by atoms with Crippen molar-refractivity contribution in [2.24, 2.45) is 0 Å². The standard InChI is InChI=1S/C13H21N3OS.2ClH/c1-3-13(6-4-7-15-13)12(17)14-8-5-11-9-18-10(2)16-11;;/h9,15H,3-8H2,1-2H3,(H,14,17);2*1H. The second-order valence-corrected chi connectivity index (χ2v) is 5.89. The number of halogens is 2.